The SMILES string of the molecule is COc1ccc(C(CC(=O)O)NS(=O)(=O)c2ccnn2C)cc1. The summed E-state index contributed by atoms with van der Waals surface area (Å²) in [5.41, 5.74) is 0.527. The molecule has 0 aliphatic heterocycles. The molecule has 0 fully saturated rings. The Balaban J connectivity index is 2.31. The molecular formula is C14H17N3O5S. The summed E-state index contributed by atoms with van der Waals surface area (Å²) in [4.78, 5) is 11.1. The van der Waals surface area contributed by atoms with Gasteiger partial charge < -0.3 is 9.84 Å². The number of sulfonamides is 1. The predicted molar refractivity (Wildman–Crippen MR) is 81.5 cm³/mol. The van der Waals surface area contributed by atoms with Gasteiger partial charge in [-0.15, -0.1) is 0 Å². The average molecular weight is 339 g/mol. The van der Waals surface area contributed by atoms with Gasteiger partial charge >= 0.3 is 5.97 Å². The molecule has 23 heavy (non-hydrogen) atoms. The molecule has 1 aromatic heterocycles. The minimum absolute atomic E-state index is 0.0404. The fourth-order valence-electron chi connectivity index (χ4n) is 2.11. The van der Waals surface area contributed by atoms with E-state index in [-0.39, 0.29) is 11.4 Å². The molecule has 0 aliphatic rings. The van der Waals surface area contributed by atoms with Crippen LogP contribution in [0.1, 0.15) is 18.0 Å². The van der Waals surface area contributed by atoms with E-state index < -0.39 is 22.0 Å². The van der Waals surface area contributed by atoms with E-state index in [1.54, 1.807) is 24.3 Å². The summed E-state index contributed by atoms with van der Waals surface area (Å²) in [7, 11) is -0.897. The maximum absolute atomic E-state index is 12.4. The number of carboxylic acids is 1. The van der Waals surface area contributed by atoms with Crippen LogP contribution in [0.3, 0.4) is 0 Å². The van der Waals surface area contributed by atoms with Gasteiger partial charge in [0, 0.05) is 7.05 Å². The zero-order valence-corrected chi connectivity index (χ0v) is 13.4. The number of methoxy groups -OCH3 is 1. The summed E-state index contributed by atoms with van der Waals surface area (Å²) >= 11 is 0. The molecule has 0 aliphatic carbocycles. The van der Waals surface area contributed by atoms with Gasteiger partial charge in [0.05, 0.1) is 25.8 Å². The first-order chi connectivity index (χ1) is 10.8. The molecule has 0 bridgehead atoms. The van der Waals surface area contributed by atoms with E-state index in [2.05, 4.69) is 9.82 Å². The first-order valence-corrected chi connectivity index (χ1v) is 8.18. The van der Waals surface area contributed by atoms with Crippen molar-refractivity contribution in [3.63, 3.8) is 0 Å². The van der Waals surface area contributed by atoms with Crippen LogP contribution >= 0.6 is 0 Å². The lowest BCUT2D eigenvalue weighted by molar-refractivity contribution is -0.137. The molecule has 1 unspecified atom stereocenters. The lowest BCUT2D eigenvalue weighted by Gasteiger charge is -2.18. The fraction of sp³-hybridized carbons (Fsp3) is 0.286. The predicted octanol–water partition coefficient (Wildman–Crippen LogP) is 0.923. The lowest BCUT2D eigenvalue weighted by atomic mass is 10.0. The molecule has 8 nitrogen and oxygen atoms in total. The maximum atomic E-state index is 12.4. The van der Waals surface area contributed by atoms with Crippen LogP contribution < -0.4 is 9.46 Å². The highest BCUT2D eigenvalue weighted by Crippen LogP contribution is 2.22. The number of carboxylic acid groups (broad SMARTS) is 1. The third kappa shape index (κ3) is 4.08. The Morgan fingerprint density at radius 1 is 1.35 bits per heavy atom. The molecule has 0 saturated heterocycles. The number of hydrogen-bond donors (Lipinski definition) is 2. The molecule has 9 heteroatoms. The molecule has 0 amide bonds. The monoisotopic (exact) mass is 339 g/mol. The highest BCUT2D eigenvalue weighted by Gasteiger charge is 2.25. The summed E-state index contributed by atoms with van der Waals surface area (Å²) in [6, 6.07) is 6.97. The molecular weight excluding hydrogens is 322 g/mol. The van der Waals surface area contributed by atoms with Crippen molar-refractivity contribution >= 4 is 16.0 Å². The van der Waals surface area contributed by atoms with E-state index in [4.69, 9.17) is 9.84 Å². The Kier molecular flexibility index (Phi) is 5.02. The van der Waals surface area contributed by atoms with Crippen LogP contribution in [0, 0.1) is 0 Å². The first-order valence-electron chi connectivity index (χ1n) is 6.69. The van der Waals surface area contributed by atoms with Crippen molar-refractivity contribution in [2.24, 2.45) is 7.05 Å². The summed E-state index contributed by atoms with van der Waals surface area (Å²) in [5.74, 6) is -0.518. The topological polar surface area (TPSA) is 111 Å². The van der Waals surface area contributed by atoms with Gasteiger partial charge in [-0.05, 0) is 23.8 Å². The maximum Gasteiger partial charge on any atom is 0.305 e. The summed E-state index contributed by atoms with van der Waals surface area (Å²) < 4.78 is 33.5. The number of hydrogen-bond acceptors (Lipinski definition) is 5. The van der Waals surface area contributed by atoms with E-state index in [1.807, 2.05) is 0 Å². The Morgan fingerprint density at radius 3 is 2.48 bits per heavy atom. The van der Waals surface area contributed by atoms with E-state index in [0.717, 1.165) is 0 Å². The number of nitrogens with one attached hydrogen (secondary N) is 1. The summed E-state index contributed by atoms with van der Waals surface area (Å²) in [6.45, 7) is 0. The van der Waals surface area contributed by atoms with Gasteiger partial charge in [0.2, 0.25) is 0 Å². The van der Waals surface area contributed by atoms with Gasteiger partial charge in [-0.25, -0.2) is 13.1 Å². The number of benzene rings is 1. The van der Waals surface area contributed by atoms with Crippen LogP contribution in [0.5, 0.6) is 5.75 Å². The number of carbonyl (C=O) groups is 1. The fourth-order valence-corrected chi connectivity index (χ4v) is 3.46. The van der Waals surface area contributed by atoms with Crippen LogP contribution in [0.4, 0.5) is 0 Å². The van der Waals surface area contributed by atoms with E-state index in [9.17, 15) is 13.2 Å². The van der Waals surface area contributed by atoms with Crippen molar-refractivity contribution in [3.05, 3.63) is 42.1 Å². The van der Waals surface area contributed by atoms with Gasteiger partial charge in [-0.1, -0.05) is 12.1 Å². The van der Waals surface area contributed by atoms with E-state index in [0.29, 0.717) is 11.3 Å². The van der Waals surface area contributed by atoms with Crippen molar-refractivity contribution in [1.82, 2.24) is 14.5 Å². The molecule has 0 spiro atoms. The first kappa shape index (κ1) is 17.0. The van der Waals surface area contributed by atoms with Crippen LogP contribution in [0.15, 0.2) is 41.6 Å². The molecule has 1 heterocycles. The number of ether oxygens (including phenoxy) is 1. The Bertz CT molecular complexity index is 783. The van der Waals surface area contributed by atoms with Crippen molar-refractivity contribution in [2.45, 2.75) is 17.5 Å². The third-order valence-electron chi connectivity index (χ3n) is 3.25. The normalized spacial score (nSPS) is 12.8. The Morgan fingerprint density at radius 2 is 2.00 bits per heavy atom. The quantitative estimate of drug-likeness (QED) is 0.776. The lowest BCUT2D eigenvalue weighted by Crippen LogP contribution is -2.31. The van der Waals surface area contributed by atoms with Crippen molar-refractivity contribution in [1.29, 1.82) is 0 Å². The van der Waals surface area contributed by atoms with Crippen molar-refractivity contribution in [2.75, 3.05) is 7.11 Å². The number of aliphatic carboxylic acids is 1. The second-order valence-corrected chi connectivity index (χ2v) is 6.50. The second kappa shape index (κ2) is 6.80. The molecule has 2 aromatic rings. The van der Waals surface area contributed by atoms with Crippen molar-refractivity contribution in [3.8, 4) is 5.75 Å². The number of aromatic nitrogens is 2. The average Bonchev–Trinajstić information content (AvgIpc) is 2.93. The molecule has 1 aromatic carbocycles. The van der Waals surface area contributed by atoms with Gasteiger partial charge in [-0.2, -0.15) is 5.10 Å². The van der Waals surface area contributed by atoms with E-state index >= 15 is 0 Å². The van der Waals surface area contributed by atoms with Crippen LogP contribution in [0.2, 0.25) is 0 Å². The van der Waals surface area contributed by atoms with Crippen LogP contribution in [-0.2, 0) is 21.9 Å². The third-order valence-corrected chi connectivity index (χ3v) is 4.79. The molecule has 1 atom stereocenters. The zero-order valence-electron chi connectivity index (χ0n) is 12.6. The summed E-state index contributed by atoms with van der Waals surface area (Å²) in [6.07, 6.45) is 0.970. The molecule has 2 N–H and O–H groups in total. The van der Waals surface area contributed by atoms with Gasteiger partial charge in [0.1, 0.15) is 5.75 Å². The Labute approximate surface area is 133 Å². The highest BCUT2D eigenvalue weighted by atomic mass is 32.2. The van der Waals surface area contributed by atoms with Crippen molar-refractivity contribution < 1.29 is 23.1 Å². The van der Waals surface area contributed by atoms with Gasteiger partial charge in [-0.3, -0.25) is 9.48 Å². The zero-order chi connectivity index (χ0) is 17.0. The highest BCUT2D eigenvalue weighted by molar-refractivity contribution is 7.89. The molecule has 0 saturated carbocycles. The molecule has 0 radical (unpaired) electrons. The van der Waals surface area contributed by atoms with Gasteiger partial charge in [0.15, 0.2) is 5.03 Å². The smallest absolute Gasteiger partial charge is 0.305 e. The van der Waals surface area contributed by atoms with Crippen LogP contribution in [-0.4, -0.2) is 36.4 Å². The Hall–Kier alpha value is -2.39. The second-order valence-electron chi connectivity index (χ2n) is 4.84. The standard InChI is InChI=1S/C14H17N3O5S/c1-17-13(7-8-15-17)23(20,21)16-12(9-14(18)19)10-3-5-11(22-2)6-4-10/h3-8,12,16H,9H2,1-2H3,(H,18,19). The minimum Gasteiger partial charge on any atom is -0.497 e. The number of rotatable bonds is 7. The van der Waals surface area contributed by atoms with E-state index in [1.165, 1.54) is 31.1 Å². The molecule has 124 valence electrons. The minimum atomic E-state index is -3.90. The largest absolute Gasteiger partial charge is 0.497 e. The molecule has 2 rings (SSSR count). The number of aryl methyl sites for hydroxylation is 1. The van der Waals surface area contributed by atoms with Gasteiger partial charge in [0.25, 0.3) is 10.0 Å². The number of nitrogens with zero attached hydrogens (tertiary/aromatic N) is 2. The summed E-state index contributed by atoms with van der Waals surface area (Å²) in [5, 5.41) is 12.8. The van der Waals surface area contributed by atoms with Crippen LogP contribution in [0.25, 0.3) is 0 Å².